The average molecular weight is 354 g/mol. The molecule has 1 amide bonds. The lowest BCUT2D eigenvalue weighted by Gasteiger charge is -2.20. The first-order chi connectivity index (χ1) is 11.5. The summed E-state index contributed by atoms with van der Waals surface area (Å²) in [6.45, 7) is 1.54. The molecule has 0 saturated heterocycles. The molecule has 1 aliphatic carbocycles. The quantitative estimate of drug-likeness (QED) is 0.782. The van der Waals surface area contributed by atoms with E-state index < -0.39 is 5.91 Å². The van der Waals surface area contributed by atoms with Crippen molar-refractivity contribution < 1.29 is 19.1 Å². The van der Waals surface area contributed by atoms with Crippen LogP contribution in [0, 0.1) is 12.8 Å². The van der Waals surface area contributed by atoms with Crippen molar-refractivity contribution in [2.75, 3.05) is 19.0 Å². The first-order valence-electron chi connectivity index (χ1n) is 8.29. The molecule has 5 nitrogen and oxygen atoms in total. The van der Waals surface area contributed by atoms with Gasteiger partial charge in [-0.15, -0.1) is 0 Å². The summed E-state index contributed by atoms with van der Waals surface area (Å²) in [6, 6.07) is 3.37. The number of amides is 1. The van der Waals surface area contributed by atoms with E-state index in [9.17, 15) is 9.59 Å². The molecule has 132 valence electrons. The predicted molar refractivity (Wildman–Crippen MR) is 93.5 cm³/mol. The number of esters is 1. The van der Waals surface area contributed by atoms with Crippen LogP contribution in [-0.4, -0.2) is 25.6 Å². The minimum absolute atomic E-state index is 0.295. The highest BCUT2D eigenvalue weighted by atomic mass is 35.5. The molecule has 1 saturated carbocycles. The van der Waals surface area contributed by atoms with Crippen LogP contribution in [0.5, 0.6) is 5.75 Å². The Kier molecular flexibility index (Phi) is 6.91. The van der Waals surface area contributed by atoms with Crippen LogP contribution in [0.15, 0.2) is 12.1 Å². The lowest BCUT2D eigenvalue weighted by atomic mass is 9.87. The molecule has 0 aliphatic heterocycles. The maximum Gasteiger partial charge on any atom is 0.306 e. The number of rotatable bonds is 6. The molecular formula is C18H24ClNO4. The third kappa shape index (κ3) is 5.41. The number of hydrogen-bond donors (Lipinski definition) is 1. The standard InChI is InChI=1S/C18H24ClNO4/c1-12-8-15(16(23-2)10-14(12)19)20-17(21)11-24-18(22)9-13-6-4-3-5-7-13/h8,10,13H,3-7,9,11H2,1-2H3,(H,20,21). The van der Waals surface area contributed by atoms with Crippen molar-refractivity contribution in [1.82, 2.24) is 0 Å². The van der Waals surface area contributed by atoms with E-state index in [-0.39, 0.29) is 12.6 Å². The second-order valence-corrected chi connectivity index (χ2v) is 6.63. The van der Waals surface area contributed by atoms with Crippen molar-refractivity contribution in [2.45, 2.75) is 45.4 Å². The Morgan fingerprint density at radius 2 is 1.96 bits per heavy atom. The minimum Gasteiger partial charge on any atom is -0.495 e. The molecule has 1 aliphatic rings. The van der Waals surface area contributed by atoms with Crippen LogP contribution >= 0.6 is 11.6 Å². The Hall–Kier alpha value is -1.75. The van der Waals surface area contributed by atoms with Gasteiger partial charge >= 0.3 is 5.97 Å². The van der Waals surface area contributed by atoms with Crippen LogP contribution in [0.3, 0.4) is 0 Å². The molecule has 0 aromatic heterocycles. The highest BCUT2D eigenvalue weighted by Crippen LogP contribution is 2.31. The summed E-state index contributed by atoms with van der Waals surface area (Å²) in [7, 11) is 1.50. The van der Waals surface area contributed by atoms with Gasteiger partial charge in [-0.3, -0.25) is 9.59 Å². The number of aryl methyl sites for hydroxylation is 1. The average Bonchev–Trinajstić information content (AvgIpc) is 2.57. The van der Waals surface area contributed by atoms with Crippen LogP contribution in [0.2, 0.25) is 5.02 Å². The molecule has 2 rings (SSSR count). The number of carbonyl (C=O) groups is 2. The fourth-order valence-corrected chi connectivity index (χ4v) is 3.10. The number of carbonyl (C=O) groups excluding carboxylic acids is 2. The summed E-state index contributed by atoms with van der Waals surface area (Å²) in [4.78, 5) is 23.8. The van der Waals surface area contributed by atoms with Crippen LogP contribution < -0.4 is 10.1 Å². The van der Waals surface area contributed by atoms with Crippen LogP contribution in [-0.2, 0) is 14.3 Å². The van der Waals surface area contributed by atoms with E-state index in [0.717, 1.165) is 18.4 Å². The summed E-state index contributed by atoms with van der Waals surface area (Å²) >= 11 is 6.03. The van der Waals surface area contributed by atoms with Gasteiger partial charge in [0.15, 0.2) is 6.61 Å². The first-order valence-corrected chi connectivity index (χ1v) is 8.67. The third-order valence-corrected chi connectivity index (χ3v) is 4.71. The first kappa shape index (κ1) is 18.6. The number of nitrogens with one attached hydrogen (secondary N) is 1. The Balaban J connectivity index is 1.82. The number of methoxy groups -OCH3 is 1. The lowest BCUT2D eigenvalue weighted by molar-refractivity contribution is -0.148. The molecule has 1 aromatic carbocycles. The fraction of sp³-hybridized carbons (Fsp3) is 0.556. The SMILES string of the molecule is COc1cc(Cl)c(C)cc1NC(=O)COC(=O)CC1CCCCC1. The van der Waals surface area contributed by atoms with Crippen LogP contribution in [0.4, 0.5) is 5.69 Å². The molecule has 0 bridgehead atoms. The van der Waals surface area contributed by atoms with Crippen molar-refractivity contribution in [3.8, 4) is 5.75 Å². The summed E-state index contributed by atoms with van der Waals surface area (Å²) < 4.78 is 10.3. The van der Waals surface area contributed by atoms with Crippen molar-refractivity contribution >= 4 is 29.2 Å². The monoisotopic (exact) mass is 353 g/mol. The molecule has 0 atom stereocenters. The number of anilines is 1. The van der Waals surface area contributed by atoms with Gasteiger partial charge in [0.1, 0.15) is 5.75 Å². The molecular weight excluding hydrogens is 330 g/mol. The van der Waals surface area contributed by atoms with Gasteiger partial charge in [0.25, 0.3) is 5.91 Å². The zero-order valence-electron chi connectivity index (χ0n) is 14.2. The smallest absolute Gasteiger partial charge is 0.306 e. The largest absolute Gasteiger partial charge is 0.495 e. The summed E-state index contributed by atoms with van der Waals surface area (Å²) in [5.74, 6) is 0.157. The molecule has 1 fully saturated rings. The number of halogens is 1. The van der Waals surface area contributed by atoms with E-state index in [1.807, 2.05) is 6.92 Å². The zero-order chi connectivity index (χ0) is 17.5. The maximum absolute atomic E-state index is 12.0. The molecule has 0 radical (unpaired) electrons. The highest BCUT2D eigenvalue weighted by Gasteiger charge is 2.19. The Morgan fingerprint density at radius 3 is 2.62 bits per heavy atom. The van der Waals surface area contributed by atoms with Crippen molar-refractivity contribution in [3.63, 3.8) is 0 Å². The maximum atomic E-state index is 12.0. The van der Waals surface area contributed by atoms with E-state index >= 15 is 0 Å². The van der Waals surface area contributed by atoms with E-state index in [4.69, 9.17) is 21.1 Å². The van der Waals surface area contributed by atoms with Gasteiger partial charge in [0.2, 0.25) is 0 Å². The van der Waals surface area contributed by atoms with Gasteiger partial charge in [-0.2, -0.15) is 0 Å². The Bertz CT molecular complexity index is 597. The number of benzene rings is 1. The molecule has 0 heterocycles. The number of hydrogen-bond acceptors (Lipinski definition) is 4. The van der Waals surface area contributed by atoms with E-state index in [1.165, 1.54) is 26.4 Å². The topological polar surface area (TPSA) is 64.6 Å². The summed E-state index contributed by atoms with van der Waals surface area (Å²) in [5, 5.41) is 3.25. The predicted octanol–water partition coefficient (Wildman–Crippen LogP) is 4.11. The number of ether oxygens (including phenoxy) is 2. The molecule has 0 unspecified atom stereocenters. The van der Waals surface area contributed by atoms with Gasteiger partial charge in [0.05, 0.1) is 12.8 Å². The van der Waals surface area contributed by atoms with E-state index in [0.29, 0.717) is 28.8 Å². The van der Waals surface area contributed by atoms with Crippen molar-refractivity contribution in [2.24, 2.45) is 5.92 Å². The summed E-state index contributed by atoms with van der Waals surface area (Å²) in [6.07, 6.45) is 6.14. The van der Waals surface area contributed by atoms with Gasteiger partial charge in [-0.05, 0) is 37.3 Å². The van der Waals surface area contributed by atoms with Gasteiger partial charge in [-0.25, -0.2) is 0 Å². The van der Waals surface area contributed by atoms with E-state index in [2.05, 4.69) is 5.32 Å². The van der Waals surface area contributed by atoms with Crippen LogP contribution in [0.25, 0.3) is 0 Å². The summed E-state index contributed by atoms with van der Waals surface area (Å²) in [5.41, 5.74) is 1.33. The highest BCUT2D eigenvalue weighted by molar-refractivity contribution is 6.31. The van der Waals surface area contributed by atoms with Crippen molar-refractivity contribution in [3.05, 3.63) is 22.7 Å². The van der Waals surface area contributed by atoms with Crippen LogP contribution in [0.1, 0.15) is 44.1 Å². The molecule has 1 N–H and O–H groups in total. The molecule has 6 heteroatoms. The van der Waals surface area contributed by atoms with Gasteiger partial charge in [-0.1, -0.05) is 30.9 Å². The third-order valence-electron chi connectivity index (χ3n) is 4.30. The Morgan fingerprint density at radius 1 is 1.25 bits per heavy atom. The lowest BCUT2D eigenvalue weighted by Crippen LogP contribution is -2.22. The van der Waals surface area contributed by atoms with Crippen molar-refractivity contribution in [1.29, 1.82) is 0 Å². The van der Waals surface area contributed by atoms with Gasteiger partial charge in [0, 0.05) is 17.5 Å². The molecule has 24 heavy (non-hydrogen) atoms. The second kappa shape index (κ2) is 8.92. The zero-order valence-corrected chi connectivity index (χ0v) is 14.9. The van der Waals surface area contributed by atoms with E-state index in [1.54, 1.807) is 12.1 Å². The Labute approximate surface area is 147 Å². The molecule has 0 spiro atoms. The minimum atomic E-state index is -0.396. The van der Waals surface area contributed by atoms with Gasteiger partial charge < -0.3 is 14.8 Å². The second-order valence-electron chi connectivity index (χ2n) is 6.22. The fourth-order valence-electron chi connectivity index (χ4n) is 2.95. The molecule has 1 aromatic rings. The normalized spacial score (nSPS) is 15.0.